The molecule has 11 heavy (non-hydrogen) atoms. The Labute approximate surface area is 73.0 Å². The minimum atomic E-state index is -0.222. The molecule has 0 aliphatic carbocycles. The topological polar surface area (TPSA) is 3.24 Å². The first-order valence-electron chi connectivity index (χ1n) is 3.13. The number of hydrogen-bond donors (Lipinski definition) is 0. The van der Waals surface area contributed by atoms with Crippen LogP contribution in [0.25, 0.3) is 0 Å². The van der Waals surface area contributed by atoms with E-state index in [0.717, 1.165) is 5.69 Å². The second-order valence-electron chi connectivity index (χ2n) is 2.17. The van der Waals surface area contributed by atoms with Gasteiger partial charge < -0.3 is 0 Å². The van der Waals surface area contributed by atoms with Crippen molar-refractivity contribution in [1.29, 1.82) is 0 Å². The van der Waals surface area contributed by atoms with E-state index in [1.165, 1.54) is 12.1 Å². The van der Waals surface area contributed by atoms with Gasteiger partial charge in [-0.05, 0) is 0 Å². The van der Waals surface area contributed by atoms with Crippen LogP contribution in [0.3, 0.4) is 0 Å². The maximum absolute atomic E-state index is 12.4. The molecule has 1 aromatic carbocycles. The minimum absolute atomic E-state index is 0.222. The van der Waals surface area contributed by atoms with Gasteiger partial charge >= 0.3 is 72.5 Å². The van der Waals surface area contributed by atoms with Crippen LogP contribution in [0.2, 0.25) is 0 Å². The van der Waals surface area contributed by atoms with E-state index in [1.54, 1.807) is 22.1 Å². The average molecular weight is 196 g/mol. The molecule has 0 saturated heterocycles. The monoisotopic (exact) mass is 196 g/mol. The molecule has 0 fully saturated rings. The van der Waals surface area contributed by atoms with Gasteiger partial charge in [-0.3, -0.25) is 0 Å². The zero-order chi connectivity index (χ0) is 8.27. The molecule has 0 spiro atoms. The van der Waals surface area contributed by atoms with Crippen LogP contribution in [0.4, 0.5) is 10.1 Å². The molecule has 1 aromatic rings. The van der Waals surface area contributed by atoms with Crippen molar-refractivity contribution in [2.45, 2.75) is 0 Å². The number of halogens is 1. The van der Waals surface area contributed by atoms with Crippen LogP contribution in [-0.4, -0.2) is 12.1 Å². The third-order valence-electron chi connectivity index (χ3n) is 1.36. The molecule has 0 aliphatic rings. The Hall–Kier alpha value is -0.674. The molecule has 0 unspecified atom stereocenters. The van der Waals surface area contributed by atoms with Gasteiger partial charge in [0, 0.05) is 0 Å². The summed E-state index contributed by atoms with van der Waals surface area (Å²) in [6.07, 6.45) is 0. The summed E-state index contributed by atoms with van der Waals surface area (Å²) in [5, 5.41) is 1.61. The zero-order valence-corrected chi connectivity index (χ0v) is 7.09. The van der Waals surface area contributed by atoms with E-state index in [1.807, 2.05) is 7.05 Å². The van der Waals surface area contributed by atoms with Gasteiger partial charge in [-0.15, -0.1) is 0 Å². The van der Waals surface area contributed by atoms with Crippen molar-refractivity contribution in [2.24, 2.45) is 0 Å². The van der Waals surface area contributed by atoms with E-state index in [0.29, 0.717) is 0 Å². The van der Waals surface area contributed by atoms with Crippen LogP contribution < -0.4 is 4.90 Å². The molecular formula is C8H8CoFN. The van der Waals surface area contributed by atoms with Crippen molar-refractivity contribution in [2.75, 3.05) is 11.9 Å². The van der Waals surface area contributed by atoms with E-state index in [9.17, 15) is 4.39 Å². The summed E-state index contributed by atoms with van der Waals surface area (Å²) in [6, 6.07) is 6.23. The van der Waals surface area contributed by atoms with Crippen LogP contribution in [0.1, 0.15) is 0 Å². The Balaban J connectivity index is 2.89. The summed E-state index contributed by atoms with van der Waals surface area (Å²) >= 11 is 4.01. The molecule has 3 heteroatoms. The van der Waals surface area contributed by atoms with Crippen molar-refractivity contribution in [3.63, 3.8) is 0 Å². The third kappa shape index (κ3) is 2.13. The van der Waals surface area contributed by atoms with Gasteiger partial charge in [-0.2, -0.15) is 0 Å². The van der Waals surface area contributed by atoms with Gasteiger partial charge in [0.1, 0.15) is 0 Å². The zero-order valence-electron chi connectivity index (χ0n) is 6.05. The first-order valence-corrected chi connectivity index (χ1v) is 3.73. The van der Waals surface area contributed by atoms with Crippen LogP contribution >= 0.6 is 0 Å². The molecule has 1 rings (SSSR count). The fourth-order valence-electron chi connectivity index (χ4n) is 0.726. The normalized spacial score (nSPS) is 9.36. The molecule has 0 aliphatic heterocycles. The summed E-state index contributed by atoms with van der Waals surface area (Å²) < 4.78 is 12.4. The summed E-state index contributed by atoms with van der Waals surface area (Å²) in [4.78, 5) is 1.79. The number of rotatable bonds is 2. The second-order valence-corrected chi connectivity index (χ2v) is 2.44. The summed E-state index contributed by atoms with van der Waals surface area (Å²) in [5.74, 6) is -0.222. The van der Waals surface area contributed by atoms with E-state index >= 15 is 0 Å². The predicted octanol–water partition coefficient (Wildman–Crippen LogP) is 1.57. The molecule has 0 heterocycles. The predicted molar refractivity (Wildman–Crippen MR) is 40.9 cm³/mol. The fraction of sp³-hybridized carbons (Fsp3) is 0.125. The molecule has 61 valence electrons. The number of anilines is 1. The van der Waals surface area contributed by atoms with Crippen molar-refractivity contribution >= 4 is 10.8 Å². The quantitative estimate of drug-likeness (QED) is 0.693. The molecular weight excluding hydrogens is 188 g/mol. The summed E-state index contributed by atoms with van der Waals surface area (Å²) in [6.45, 7) is 0. The van der Waals surface area contributed by atoms with Gasteiger partial charge in [0.25, 0.3) is 0 Å². The molecule has 0 N–H and O–H groups in total. The van der Waals surface area contributed by atoms with E-state index in [2.05, 4.69) is 15.3 Å². The Kier molecular flexibility index (Phi) is 2.79. The molecule has 0 bridgehead atoms. The van der Waals surface area contributed by atoms with Crippen LogP contribution in [-0.2, 0) is 15.3 Å². The van der Waals surface area contributed by atoms with Gasteiger partial charge in [0.2, 0.25) is 0 Å². The van der Waals surface area contributed by atoms with Crippen molar-refractivity contribution in [1.82, 2.24) is 0 Å². The van der Waals surface area contributed by atoms with Crippen LogP contribution in [0.15, 0.2) is 24.3 Å². The molecule has 0 radical (unpaired) electrons. The molecule has 0 aromatic heterocycles. The Bertz CT molecular complexity index is 245. The molecule has 1 nitrogen and oxygen atoms in total. The van der Waals surface area contributed by atoms with Crippen LogP contribution in [0, 0.1) is 5.82 Å². The van der Waals surface area contributed by atoms with Crippen molar-refractivity contribution < 1.29 is 19.7 Å². The summed E-state index contributed by atoms with van der Waals surface area (Å²) in [5.41, 5.74) is 0.916. The van der Waals surface area contributed by atoms with Crippen molar-refractivity contribution in [3.8, 4) is 0 Å². The van der Waals surface area contributed by atoms with Gasteiger partial charge in [0.15, 0.2) is 0 Å². The average Bonchev–Trinajstić information content (AvgIpc) is 2.05. The van der Waals surface area contributed by atoms with E-state index < -0.39 is 0 Å². The SMILES string of the molecule is CN([CH]=[Co])c1ccc(F)cc1. The Morgan fingerprint density at radius 1 is 1.36 bits per heavy atom. The Morgan fingerprint density at radius 3 is 2.36 bits per heavy atom. The number of nitrogens with zero attached hydrogens (tertiary/aromatic N) is 1. The third-order valence-corrected chi connectivity index (χ3v) is 1.77. The summed E-state index contributed by atoms with van der Waals surface area (Å²) in [7, 11) is 1.85. The van der Waals surface area contributed by atoms with Crippen molar-refractivity contribution in [3.05, 3.63) is 30.1 Å². The Morgan fingerprint density at radius 2 is 1.91 bits per heavy atom. The van der Waals surface area contributed by atoms with Gasteiger partial charge in [-0.25, -0.2) is 0 Å². The first kappa shape index (κ1) is 8.42. The van der Waals surface area contributed by atoms with E-state index in [4.69, 9.17) is 0 Å². The fourth-order valence-corrected chi connectivity index (χ4v) is 0.881. The second kappa shape index (κ2) is 3.64. The number of benzene rings is 1. The molecule has 0 saturated carbocycles. The maximum atomic E-state index is 12.4. The molecule has 0 amide bonds. The molecule has 0 atom stereocenters. The first-order chi connectivity index (χ1) is 5.24. The van der Waals surface area contributed by atoms with Gasteiger partial charge in [-0.1, -0.05) is 0 Å². The van der Waals surface area contributed by atoms with Gasteiger partial charge in [0.05, 0.1) is 0 Å². The van der Waals surface area contributed by atoms with E-state index in [-0.39, 0.29) is 5.82 Å². The number of hydrogen-bond acceptors (Lipinski definition) is 1. The van der Waals surface area contributed by atoms with Crippen LogP contribution in [0.5, 0.6) is 0 Å². The standard InChI is InChI=1S/C8H8FN.Co/c1-10(2)8-5-3-7(9)4-6-8;/h1,3-6H,2H3;.